The van der Waals surface area contributed by atoms with Crippen molar-refractivity contribution in [2.24, 2.45) is 0 Å². The van der Waals surface area contributed by atoms with Crippen LogP contribution in [0.5, 0.6) is 0 Å². The van der Waals surface area contributed by atoms with Crippen LogP contribution in [0.2, 0.25) is 10.0 Å². The number of nitrogens with one attached hydrogen (secondary N) is 2. The number of halogens is 2. The Morgan fingerprint density at radius 2 is 1.95 bits per heavy atom. The van der Waals surface area contributed by atoms with E-state index in [0.717, 1.165) is 0 Å². The molecule has 1 aromatic heterocycles. The Morgan fingerprint density at radius 3 is 2.55 bits per heavy atom. The Hall–Kier alpha value is -1.85. The van der Waals surface area contributed by atoms with E-state index in [1.807, 2.05) is 0 Å². The van der Waals surface area contributed by atoms with Gasteiger partial charge in [0.05, 0.1) is 15.7 Å². The highest BCUT2D eigenvalue weighted by Crippen LogP contribution is 2.25. The second kappa shape index (κ2) is 5.64. The first-order chi connectivity index (χ1) is 9.38. The number of rotatable bonds is 2. The van der Waals surface area contributed by atoms with Crippen molar-refractivity contribution in [2.75, 3.05) is 5.32 Å². The first-order valence-corrected chi connectivity index (χ1v) is 6.48. The number of carbonyl (C=O) groups excluding carboxylic acids is 1. The lowest BCUT2D eigenvalue weighted by atomic mass is 10.2. The first kappa shape index (κ1) is 14.6. The van der Waals surface area contributed by atoms with E-state index in [4.69, 9.17) is 23.2 Å². The van der Waals surface area contributed by atoms with Gasteiger partial charge in [-0.1, -0.05) is 23.2 Å². The molecule has 0 atom stereocenters. The maximum atomic E-state index is 12.1. The van der Waals surface area contributed by atoms with Crippen LogP contribution in [0, 0.1) is 13.8 Å². The highest BCUT2D eigenvalue weighted by Gasteiger charge is 2.16. The third-order valence-corrected chi connectivity index (χ3v) is 3.36. The standard InChI is InChI=1S/C13H11Cl2N3O2/c1-6-11(12(19)17-7(2)16-6)13(20)18-8-3-4-9(14)10(15)5-8/h3-5H,1-2H3,(H,18,20)(H,16,17,19). The number of hydrogen-bond acceptors (Lipinski definition) is 3. The fraction of sp³-hybridized carbons (Fsp3) is 0.154. The number of aromatic amines is 1. The summed E-state index contributed by atoms with van der Waals surface area (Å²) < 4.78 is 0. The normalized spacial score (nSPS) is 10.4. The summed E-state index contributed by atoms with van der Waals surface area (Å²) in [5.41, 5.74) is 0.307. The molecule has 2 rings (SSSR count). The van der Waals surface area contributed by atoms with Crippen LogP contribution in [0.15, 0.2) is 23.0 Å². The van der Waals surface area contributed by atoms with Crippen LogP contribution in [0.3, 0.4) is 0 Å². The maximum Gasteiger partial charge on any atom is 0.264 e. The summed E-state index contributed by atoms with van der Waals surface area (Å²) in [6.45, 7) is 3.25. The van der Waals surface area contributed by atoms with Gasteiger partial charge >= 0.3 is 0 Å². The van der Waals surface area contributed by atoms with Crippen molar-refractivity contribution in [2.45, 2.75) is 13.8 Å². The smallest absolute Gasteiger partial charge is 0.264 e. The van der Waals surface area contributed by atoms with Crippen LogP contribution in [-0.4, -0.2) is 15.9 Å². The number of aromatic nitrogens is 2. The van der Waals surface area contributed by atoms with Crippen molar-refractivity contribution in [3.63, 3.8) is 0 Å². The van der Waals surface area contributed by atoms with Gasteiger partial charge < -0.3 is 10.3 Å². The van der Waals surface area contributed by atoms with Gasteiger partial charge in [0.25, 0.3) is 11.5 Å². The fourth-order valence-corrected chi connectivity index (χ4v) is 2.06. The van der Waals surface area contributed by atoms with Gasteiger partial charge in [-0.15, -0.1) is 0 Å². The van der Waals surface area contributed by atoms with Gasteiger partial charge in [0.1, 0.15) is 11.4 Å². The number of amides is 1. The van der Waals surface area contributed by atoms with Crippen molar-refractivity contribution in [1.82, 2.24) is 9.97 Å². The van der Waals surface area contributed by atoms with Crippen LogP contribution in [0.1, 0.15) is 21.9 Å². The SMILES string of the molecule is Cc1nc(C)c(C(=O)Nc2ccc(Cl)c(Cl)c2)c(=O)[nH]1. The minimum Gasteiger partial charge on any atom is -0.322 e. The summed E-state index contributed by atoms with van der Waals surface area (Å²) in [5, 5.41) is 3.29. The Bertz CT molecular complexity index is 741. The molecule has 0 radical (unpaired) electrons. The van der Waals surface area contributed by atoms with Gasteiger partial charge in [0, 0.05) is 5.69 Å². The molecule has 2 aromatic rings. The lowest BCUT2D eigenvalue weighted by Gasteiger charge is -2.08. The van der Waals surface area contributed by atoms with Gasteiger partial charge in [-0.3, -0.25) is 9.59 Å². The number of H-pyrrole nitrogens is 1. The molecule has 0 aliphatic rings. The third kappa shape index (κ3) is 3.00. The van der Waals surface area contributed by atoms with E-state index in [0.29, 0.717) is 27.3 Å². The molecule has 104 valence electrons. The molecule has 0 spiro atoms. The third-order valence-electron chi connectivity index (χ3n) is 2.62. The zero-order chi connectivity index (χ0) is 14.9. The molecule has 5 nitrogen and oxygen atoms in total. The molecule has 1 heterocycles. The number of aryl methyl sites for hydroxylation is 2. The van der Waals surface area contributed by atoms with Crippen molar-refractivity contribution < 1.29 is 4.79 Å². The molecule has 7 heteroatoms. The van der Waals surface area contributed by atoms with E-state index in [2.05, 4.69) is 15.3 Å². The molecule has 0 aliphatic heterocycles. The average molecular weight is 312 g/mol. The number of carbonyl (C=O) groups is 1. The minimum absolute atomic E-state index is 0.0262. The summed E-state index contributed by atoms with van der Waals surface area (Å²) in [6, 6.07) is 4.66. The number of hydrogen-bond donors (Lipinski definition) is 2. The Labute approximate surface area is 125 Å². The molecular formula is C13H11Cl2N3O2. The topological polar surface area (TPSA) is 74.8 Å². The van der Waals surface area contributed by atoms with Crippen LogP contribution in [-0.2, 0) is 0 Å². The van der Waals surface area contributed by atoms with E-state index < -0.39 is 11.5 Å². The van der Waals surface area contributed by atoms with E-state index in [1.54, 1.807) is 26.0 Å². The summed E-state index contributed by atoms with van der Waals surface area (Å²) >= 11 is 11.7. The largest absolute Gasteiger partial charge is 0.322 e. The van der Waals surface area contributed by atoms with Gasteiger partial charge in [-0.25, -0.2) is 4.98 Å². The maximum absolute atomic E-state index is 12.1. The molecule has 0 aliphatic carbocycles. The molecule has 1 amide bonds. The average Bonchev–Trinajstić information content (AvgIpc) is 2.32. The number of nitrogens with zero attached hydrogens (tertiary/aromatic N) is 1. The van der Waals surface area contributed by atoms with E-state index in [1.165, 1.54) is 6.07 Å². The van der Waals surface area contributed by atoms with Crippen molar-refractivity contribution in [3.05, 3.63) is 55.7 Å². The van der Waals surface area contributed by atoms with Crippen molar-refractivity contribution in [3.8, 4) is 0 Å². The molecule has 1 aromatic carbocycles. The van der Waals surface area contributed by atoms with Crippen LogP contribution in [0.4, 0.5) is 5.69 Å². The summed E-state index contributed by atoms with van der Waals surface area (Å²) in [5.74, 6) is -0.0896. The monoisotopic (exact) mass is 311 g/mol. The summed E-state index contributed by atoms with van der Waals surface area (Å²) in [4.78, 5) is 30.5. The highest BCUT2D eigenvalue weighted by molar-refractivity contribution is 6.42. The predicted molar refractivity (Wildman–Crippen MR) is 78.7 cm³/mol. The first-order valence-electron chi connectivity index (χ1n) is 5.72. The van der Waals surface area contributed by atoms with Crippen molar-refractivity contribution >= 4 is 34.8 Å². The second-order valence-electron chi connectivity index (χ2n) is 4.19. The molecule has 0 saturated heterocycles. The van der Waals surface area contributed by atoms with Gasteiger partial charge in [0.2, 0.25) is 0 Å². The zero-order valence-electron chi connectivity index (χ0n) is 10.8. The van der Waals surface area contributed by atoms with Crippen molar-refractivity contribution in [1.29, 1.82) is 0 Å². The zero-order valence-corrected chi connectivity index (χ0v) is 12.3. The van der Waals surface area contributed by atoms with E-state index >= 15 is 0 Å². The van der Waals surface area contributed by atoms with E-state index in [-0.39, 0.29) is 5.56 Å². The summed E-state index contributed by atoms with van der Waals surface area (Å²) in [6.07, 6.45) is 0. The van der Waals surface area contributed by atoms with E-state index in [9.17, 15) is 9.59 Å². The lowest BCUT2D eigenvalue weighted by Crippen LogP contribution is -2.26. The van der Waals surface area contributed by atoms with Crippen LogP contribution in [0.25, 0.3) is 0 Å². The molecule has 0 saturated carbocycles. The summed E-state index contributed by atoms with van der Waals surface area (Å²) in [7, 11) is 0. The lowest BCUT2D eigenvalue weighted by molar-refractivity contribution is 0.102. The molecule has 0 bridgehead atoms. The molecule has 0 unspecified atom stereocenters. The van der Waals surface area contributed by atoms with Crippen LogP contribution >= 0.6 is 23.2 Å². The molecule has 20 heavy (non-hydrogen) atoms. The number of benzene rings is 1. The van der Waals surface area contributed by atoms with Gasteiger partial charge in [-0.2, -0.15) is 0 Å². The molecular weight excluding hydrogens is 301 g/mol. The molecule has 0 fully saturated rings. The predicted octanol–water partition coefficient (Wildman–Crippen LogP) is 2.95. The Balaban J connectivity index is 2.33. The van der Waals surface area contributed by atoms with Gasteiger partial charge in [-0.05, 0) is 32.0 Å². The quantitative estimate of drug-likeness (QED) is 0.895. The minimum atomic E-state index is -0.547. The molecule has 2 N–H and O–H groups in total. The highest BCUT2D eigenvalue weighted by atomic mass is 35.5. The fourth-order valence-electron chi connectivity index (χ4n) is 1.76. The second-order valence-corrected chi connectivity index (χ2v) is 5.01. The Kier molecular flexibility index (Phi) is 4.11. The van der Waals surface area contributed by atoms with Gasteiger partial charge in [0.15, 0.2) is 0 Å². The van der Waals surface area contributed by atoms with Crippen LogP contribution < -0.4 is 10.9 Å². The number of anilines is 1. The Morgan fingerprint density at radius 1 is 1.25 bits per heavy atom.